The summed E-state index contributed by atoms with van der Waals surface area (Å²) in [5.41, 5.74) is -0.465. The number of primary sulfonamides is 1. The Morgan fingerprint density at radius 3 is 2.10 bits per heavy atom. The summed E-state index contributed by atoms with van der Waals surface area (Å²) in [5.74, 6) is 0. The zero-order valence-corrected chi connectivity index (χ0v) is 13.2. The van der Waals surface area contributed by atoms with E-state index in [4.69, 9.17) is 19.7 Å². The molecule has 1 saturated heterocycles. The standard InChI is InChI=1S/C13H17BN2O4S/c1-12(2)13(3,4)20-14(19-12)10-5-9(8-15)6-11(7-10)21(16,17)18/h5-7H,1-4H3,(H2,16,17,18). The van der Waals surface area contributed by atoms with Crippen molar-refractivity contribution in [3.05, 3.63) is 23.8 Å². The summed E-state index contributed by atoms with van der Waals surface area (Å²) in [5, 5.41) is 14.2. The molecule has 1 aliphatic heterocycles. The molecule has 0 radical (unpaired) electrons. The second kappa shape index (κ2) is 4.82. The molecule has 1 aliphatic rings. The van der Waals surface area contributed by atoms with Gasteiger partial charge in [-0.25, -0.2) is 13.6 Å². The van der Waals surface area contributed by atoms with Crippen LogP contribution in [0, 0.1) is 11.3 Å². The van der Waals surface area contributed by atoms with Gasteiger partial charge in [0.2, 0.25) is 10.0 Å². The number of rotatable bonds is 2. The third kappa shape index (κ3) is 2.96. The van der Waals surface area contributed by atoms with Gasteiger partial charge in [0.25, 0.3) is 0 Å². The smallest absolute Gasteiger partial charge is 0.399 e. The monoisotopic (exact) mass is 308 g/mol. The lowest BCUT2D eigenvalue weighted by Gasteiger charge is -2.32. The molecule has 8 heteroatoms. The number of hydrogen-bond donors (Lipinski definition) is 1. The molecule has 0 atom stereocenters. The van der Waals surface area contributed by atoms with Crippen LogP contribution in [0.3, 0.4) is 0 Å². The van der Waals surface area contributed by atoms with Gasteiger partial charge in [0.15, 0.2) is 0 Å². The van der Waals surface area contributed by atoms with Gasteiger partial charge in [-0.2, -0.15) is 5.26 Å². The highest BCUT2D eigenvalue weighted by atomic mass is 32.2. The highest BCUT2D eigenvalue weighted by molar-refractivity contribution is 7.89. The van der Waals surface area contributed by atoms with Gasteiger partial charge >= 0.3 is 7.12 Å². The van der Waals surface area contributed by atoms with Crippen molar-refractivity contribution in [1.82, 2.24) is 0 Å². The third-order valence-electron chi connectivity index (χ3n) is 3.91. The summed E-state index contributed by atoms with van der Waals surface area (Å²) in [6, 6.07) is 6.05. The van der Waals surface area contributed by atoms with Gasteiger partial charge in [-0.1, -0.05) is 0 Å². The molecule has 0 aliphatic carbocycles. The van der Waals surface area contributed by atoms with E-state index >= 15 is 0 Å². The van der Waals surface area contributed by atoms with E-state index in [-0.39, 0.29) is 10.5 Å². The van der Waals surface area contributed by atoms with E-state index in [1.807, 2.05) is 33.8 Å². The molecule has 0 bridgehead atoms. The Kier molecular flexibility index (Phi) is 3.67. The predicted molar refractivity (Wildman–Crippen MR) is 78.2 cm³/mol. The quantitative estimate of drug-likeness (QED) is 0.802. The summed E-state index contributed by atoms with van der Waals surface area (Å²) in [4.78, 5) is -0.133. The number of benzene rings is 1. The summed E-state index contributed by atoms with van der Waals surface area (Å²) in [7, 11) is -4.65. The van der Waals surface area contributed by atoms with Gasteiger partial charge in [-0.05, 0) is 51.4 Å². The van der Waals surface area contributed by atoms with Crippen LogP contribution in [-0.2, 0) is 19.3 Å². The Morgan fingerprint density at radius 2 is 1.67 bits per heavy atom. The second-order valence-electron chi connectivity index (χ2n) is 6.04. The van der Waals surface area contributed by atoms with Crippen molar-refractivity contribution in [2.75, 3.05) is 0 Å². The van der Waals surface area contributed by atoms with E-state index in [0.717, 1.165) is 0 Å². The average molecular weight is 308 g/mol. The van der Waals surface area contributed by atoms with E-state index in [2.05, 4.69) is 0 Å². The highest BCUT2D eigenvalue weighted by Crippen LogP contribution is 2.36. The zero-order chi connectivity index (χ0) is 16.1. The van der Waals surface area contributed by atoms with Gasteiger partial charge < -0.3 is 9.31 Å². The molecule has 1 aromatic carbocycles. The van der Waals surface area contributed by atoms with Gasteiger partial charge in [-0.15, -0.1) is 0 Å². The molecule has 0 unspecified atom stereocenters. The van der Waals surface area contributed by atoms with Crippen LogP contribution in [0.1, 0.15) is 33.3 Å². The minimum absolute atomic E-state index is 0.133. The summed E-state index contributed by atoms with van der Waals surface area (Å²) in [6.45, 7) is 7.56. The SMILES string of the molecule is CC1(C)OB(c2cc(C#N)cc(S(N)(=O)=O)c2)OC1(C)C. The Morgan fingerprint density at radius 1 is 1.14 bits per heavy atom. The lowest BCUT2D eigenvalue weighted by atomic mass is 9.78. The normalized spacial score (nSPS) is 20.3. The molecule has 1 heterocycles. The lowest BCUT2D eigenvalue weighted by Crippen LogP contribution is -2.41. The summed E-state index contributed by atoms with van der Waals surface area (Å²) >= 11 is 0. The van der Waals surface area contributed by atoms with E-state index in [9.17, 15) is 8.42 Å². The maximum absolute atomic E-state index is 11.5. The largest absolute Gasteiger partial charge is 0.494 e. The molecule has 0 aromatic heterocycles. The fourth-order valence-electron chi connectivity index (χ4n) is 1.97. The van der Waals surface area contributed by atoms with Gasteiger partial charge in [0, 0.05) is 0 Å². The van der Waals surface area contributed by atoms with Crippen LogP contribution in [0.2, 0.25) is 0 Å². The first kappa shape index (κ1) is 16.0. The van der Waals surface area contributed by atoms with Crippen LogP contribution in [0.4, 0.5) is 0 Å². The molecule has 112 valence electrons. The van der Waals surface area contributed by atoms with Crippen LogP contribution < -0.4 is 10.6 Å². The fourth-order valence-corrected chi connectivity index (χ4v) is 2.56. The fraction of sp³-hybridized carbons (Fsp3) is 0.462. The van der Waals surface area contributed by atoms with Gasteiger partial charge in [0.1, 0.15) is 0 Å². The third-order valence-corrected chi connectivity index (χ3v) is 4.80. The van der Waals surface area contributed by atoms with Crippen molar-refractivity contribution >= 4 is 22.6 Å². The molecule has 0 spiro atoms. The van der Waals surface area contributed by atoms with Crippen LogP contribution in [-0.4, -0.2) is 26.7 Å². The van der Waals surface area contributed by atoms with Crippen LogP contribution in [0.15, 0.2) is 23.1 Å². The Balaban J connectivity index is 2.50. The highest BCUT2D eigenvalue weighted by Gasteiger charge is 2.51. The molecule has 21 heavy (non-hydrogen) atoms. The van der Waals surface area contributed by atoms with Crippen molar-refractivity contribution < 1.29 is 17.7 Å². The second-order valence-corrected chi connectivity index (χ2v) is 7.60. The van der Waals surface area contributed by atoms with Crippen LogP contribution in [0.5, 0.6) is 0 Å². The Bertz CT molecular complexity index is 706. The average Bonchev–Trinajstić information content (AvgIpc) is 2.57. The maximum Gasteiger partial charge on any atom is 0.494 e. The first-order valence-electron chi connectivity index (χ1n) is 6.40. The molecule has 1 aromatic rings. The number of nitrogens with zero attached hydrogens (tertiary/aromatic N) is 1. The van der Waals surface area contributed by atoms with E-state index < -0.39 is 28.3 Å². The number of hydrogen-bond acceptors (Lipinski definition) is 5. The van der Waals surface area contributed by atoms with Crippen molar-refractivity contribution in [2.45, 2.75) is 43.8 Å². The minimum atomic E-state index is -3.91. The maximum atomic E-state index is 11.5. The van der Waals surface area contributed by atoms with Gasteiger partial charge in [-0.3, -0.25) is 0 Å². The first-order valence-corrected chi connectivity index (χ1v) is 7.94. The topological polar surface area (TPSA) is 102 Å². The lowest BCUT2D eigenvalue weighted by molar-refractivity contribution is 0.00578. The molecule has 2 rings (SSSR count). The van der Waals surface area contributed by atoms with E-state index in [1.54, 1.807) is 0 Å². The van der Waals surface area contributed by atoms with Crippen molar-refractivity contribution in [2.24, 2.45) is 5.14 Å². The number of sulfonamides is 1. The van der Waals surface area contributed by atoms with Crippen molar-refractivity contribution in [3.8, 4) is 6.07 Å². The zero-order valence-electron chi connectivity index (χ0n) is 12.4. The van der Waals surface area contributed by atoms with Crippen molar-refractivity contribution in [3.63, 3.8) is 0 Å². The Labute approximate surface area is 125 Å². The summed E-state index contributed by atoms with van der Waals surface area (Å²) < 4.78 is 34.7. The molecular formula is C13H17BN2O4S. The number of nitriles is 1. The molecule has 0 amide bonds. The molecule has 1 fully saturated rings. The number of nitrogens with two attached hydrogens (primary N) is 1. The van der Waals surface area contributed by atoms with Crippen LogP contribution >= 0.6 is 0 Å². The molecule has 6 nitrogen and oxygen atoms in total. The minimum Gasteiger partial charge on any atom is -0.399 e. The summed E-state index contributed by atoms with van der Waals surface area (Å²) in [6.07, 6.45) is 0. The Hall–Kier alpha value is -1.40. The molecule has 2 N–H and O–H groups in total. The van der Waals surface area contributed by atoms with E-state index in [0.29, 0.717) is 5.46 Å². The van der Waals surface area contributed by atoms with Crippen molar-refractivity contribution in [1.29, 1.82) is 5.26 Å². The predicted octanol–water partition coefficient (Wildman–Crippen LogP) is 0.505. The van der Waals surface area contributed by atoms with Crippen LogP contribution in [0.25, 0.3) is 0 Å². The molecular weight excluding hydrogens is 291 g/mol. The first-order chi connectivity index (χ1) is 9.46. The van der Waals surface area contributed by atoms with E-state index in [1.165, 1.54) is 18.2 Å². The van der Waals surface area contributed by atoms with Gasteiger partial charge in [0.05, 0.1) is 27.7 Å². The molecule has 0 saturated carbocycles.